The predicted octanol–water partition coefficient (Wildman–Crippen LogP) is 3.36. The van der Waals surface area contributed by atoms with Crippen LogP contribution < -0.4 is 0 Å². The van der Waals surface area contributed by atoms with Gasteiger partial charge in [-0.2, -0.15) is 0 Å². The van der Waals surface area contributed by atoms with E-state index in [0.717, 1.165) is 10.6 Å². The fourth-order valence-electron chi connectivity index (χ4n) is 1.98. The van der Waals surface area contributed by atoms with Gasteiger partial charge in [-0.25, -0.2) is 9.78 Å². The summed E-state index contributed by atoms with van der Waals surface area (Å²) in [5.74, 6) is -0.924. The predicted molar refractivity (Wildman–Crippen MR) is 78.0 cm³/mol. The number of carboxylic acids is 1. The number of aromatic carboxylic acids is 1. The minimum absolute atomic E-state index is 0.303. The van der Waals surface area contributed by atoms with Crippen molar-refractivity contribution in [2.24, 2.45) is 0 Å². The van der Waals surface area contributed by atoms with Crippen LogP contribution in [0.5, 0.6) is 0 Å². The first-order valence-corrected chi connectivity index (χ1v) is 6.95. The van der Waals surface area contributed by atoms with E-state index in [1.54, 1.807) is 0 Å². The highest BCUT2D eigenvalue weighted by Crippen LogP contribution is 2.28. The smallest absolute Gasteiger partial charge is 0.347 e. The third-order valence-corrected chi connectivity index (χ3v) is 4.05. The molecule has 0 amide bonds. The van der Waals surface area contributed by atoms with Gasteiger partial charge in [0, 0.05) is 18.0 Å². The van der Waals surface area contributed by atoms with Crippen molar-refractivity contribution in [3.63, 3.8) is 0 Å². The van der Waals surface area contributed by atoms with Crippen molar-refractivity contribution < 1.29 is 9.90 Å². The lowest BCUT2D eigenvalue weighted by Crippen LogP contribution is -2.03. The van der Waals surface area contributed by atoms with E-state index < -0.39 is 5.97 Å². The molecule has 0 saturated carbocycles. The number of rotatable bonds is 4. The minimum atomic E-state index is -0.924. The van der Waals surface area contributed by atoms with Crippen molar-refractivity contribution in [3.05, 3.63) is 65.4 Å². The molecule has 1 aromatic carbocycles. The average molecular weight is 284 g/mol. The highest BCUT2D eigenvalue weighted by Gasteiger charge is 2.18. The molecule has 2 heterocycles. The Morgan fingerprint density at radius 1 is 1.15 bits per heavy atom. The number of hydrogen-bond acceptors (Lipinski definition) is 3. The monoisotopic (exact) mass is 284 g/mol. The third-order valence-electron chi connectivity index (χ3n) is 2.91. The second-order valence-electron chi connectivity index (χ2n) is 4.32. The van der Waals surface area contributed by atoms with Crippen molar-refractivity contribution in [1.82, 2.24) is 9.55 Å². The molecule has 0 spiro atoms. The molecule has 0 aliphatic rings. The molecule has 100 valence electrons. The standard InChI is InChI=1S/C15H12N2O2S/c18-15(19)13-12(10-17-8-4-5-9-17)16-14(20-13)11-6-2-1-3-7-11/h1-9H,10H2,(H,18,19). The maximum Gasteiger partial charge on any atom is 0.347 e. The molecule has 2 aromatic heterocycles. The molecule has 0 saturated heterocycles. The first-order chi connectivity index (χ1) is 9.74. The van der Waals surface area contributed by atoms with E-state index in [4.69, 9.17) is 0 Å². The summed E-state index contributed by atoms with van der Waals surface area (Å²) in [4.78, 5) is 16.2. The Bertz CT molecular complexity index is 718. The summed E-state index contributed by atoms with van der Waals surface area (Å²) in [5, 5.41) is 10.1. The summed E-state index contributed by atoms with van der Waals surface area (Å²) in [6.45, 7) is 0.470. The minimum Gasteiger partial charge on any atom is -0.477 e. The Morgan fingerprint density at radius 2 is 1.85 bits per heavy atom. The van der Waals surface area contributed by atoms with Gasteiger partial charge in [0.1, 0.15) is 9.88 Å². The second kappa shape index (κ2) is 5.30. The molecule has 1 N–H and O–H groups in total. The van der Waals surface area contributed by atoms with Gasteiger partial charge >= 0.3 is 5.97 Å². The van der Waals surface area contributed by atoms with Crippen LogP contribution in [0.25, 0.3) is 10.6 Å². The Morgan fingerprint density at radius 3 is 2.50 bits per heavy atom. The summed E-state index contributed by atoms with van der Waals surface area (Å²) >= 11 is 1.22. The topological polar surface area (TPSA) is 55.1 Å². The van der Waals surface area contributed by atoms with Gasteiger partial charge in [0.05, 0.1) is 12.2 Å². The van der Waals surface area contributed by atoms with E-state index >= 15 is 0 Å². The van der Waals surface area contributed by atoms with Crippen LogP contribution in [0.4, 0.5) is 0 Å². The molecular weight excluding hydrogens is 272 g/mol. The molecule has 0 unspecified atom stereocenters. The molecule has 0 fully saturated rings. The van der Waals surface area contributed by atoms with Crippen molar-refractivity contribution in [3.8, 4) is 10.6 Å². The van der Waals surface area contributed by atoms with E-state index in [1.165, 1.54) is 11.3 Å². The summed E-state index contributed by atoms with van der Waals surface area (Å²) in [6, 6.07) is 13.4. The summed E-state index contributed by atoms with van der Waals surface area (Å²) < 4.78 is 1.91. The fourth-order valence-corrected chi connectivity index (χ4v) is 2.90. The maximum absolute atomic E-state index is 11.4. The number of carboxylic acid groups (broad SMARTS) is 1. The first-order valence-electron chi connectivity index (χ1n) is 6.13. The lowest BCUT2D eigenvalue weighted by molar-refractivity contribution is 0.0700. The average Bonchev–Trinajstić information content (AvgIpc) is 3.10. The molecule has 5 heteroatoms. The molecule has 0 atom stereocenters. The number of carbonyl (C=O) groups is 1. The van der Waals surface area contributed by atoms with Gasteiger partial charge in [-0.15, -0.1) is 11.3 Å². The van der Waals surface area contributed by atoms with Gasteiger partial charge in [0.25, 0.3) is 0 Å². The molecule has 0 radical (unpaired) electrons. The van der Waals surface area contributed by atoms with E-state index in [0.29, 0.717) is 17.1 Å². The van der Waals surface area contributed by atoms with Crippen molar-refractivity contribution in [1.29, 1.82) is 0 Å². The number of thiazole rings is 1. The van der Waals surface area contributed by atoms with Gasteiger partial charge in [-0.1, -0.05) is 30.3 Å². The normalized spacial score (nSPS) is 10.6. The Labute approximate surface area is 120 Å². The van der Waals surface area contributed by atoms with Crippen LogP contribution in [-0.4, -0.2) is 20.6 Å². The Balaban J connectivity index is 2.01. The van der Waals surface area contributed by atoms with Gasteiger partial charge in [0.2, 0.25) is 0 Å². The van der Waals surface area contributed by atoms with Gasteiger partial charge in [-0.05, 0) is 12.1 Å². The van der Waals surface area contributed by atoms with Crippen LogP contribution >= 0.6 is 11.3 Å². The number of aromatic nitrogens is 2. The lowest BCUT2D eigenvalue weighted by atomic mass is 10.2. The van der Waals surface area contributed by atoms with E-state index in [2.05, 4.69) is 4.98 Å². The van der Waals surface area contributed by atoms with E-state index in [9.17, 15) is 9.90 Å². The van der Waals surface area contributed by atoms with Gasteiger partial charge in [-0.3, -0.25) is 0 Å². The first kappa shape index (κ1) is 12.6. The molecule has 0 aliphatic heterocycles. The zero-order chi connectivity index (χ0) is 13.9. The molecule has 0 aliphatic carbocycles. The SMILES string of the molecule is O=C(O)c1sc(-c2ccccc2)nc1Cn1cccc1. The highest BCUT2D eigenvalue weighted by atomic mass is 32.1. The van der Waals surface area contributed by atoms with Crippen molar-refractivity contribution in [2.45, 2.75) is 6.54 Å². The third kappa shape index (κ3) is 2.48. The van der Waals surface area contributed by atoms with Crippen molar-refractivity contribution in [2.75, 3.05) is 0 Å². The fraction of sp³-hybridized carbons (Fsp3) is 0.0667. The van der Waals surface area contributed by atoms with Crippen LogP contribution in [0.3, 0.4) is 0 Å². The van der Waals surface area contributed by atoms with E-state index in [-0.39, 0.29) is 0 Å². The van der Waals surface area contributed by atoms with Crippen molar-refractivity contribution >= 4 is 17.3 Å². The molecule has 20 heavy (non-hydrogen) atoms. The van der Waals surface area contributed by atoms with Crippen LogP contribution in [0.15, 0.2) is 54.9 Å². The number of hydrogen-bond donors (Lipinski definition) is 1. The van der Waals surface area contributed by atoms with E-state index in [1.807, 2.05) is 59.4 Å². The molecule has 3 aromatic rings. The van der Waals surface area contributed by atoms with Gasteiger partial charge < -0.3 is 9.67 Å². The number of nitrogens with zero attached hydrogens (tertiary/aromatic N) is 2. The lowest BCUT2D eigenvalue weighted by Gasteiger charge is -2.00. The zero-order valence-corrected chi connectivity index (χ0v) is 11.4. The largest absolute Gasteiger partial charge is 0.477 e. The molecular formula is C15H12N2O2S. The molecule has 3 rings (SSSR count). The van der Waals surface area contributed by atoms with Crippen LogP contribution in [0.2, 0.25) is 0 Å². The summed E-state index contributed by atoms with van der Waals surface area (Å²) in [5.41, 5.74) is 1.54. The zero-order valence-electron chi connectivity index (χ0n) is 10.6. The second-order valence-corrected chi connectivity index (χ2v) is 5.32. The van der Waals surface area contributed by atoms with Crippen LogP contribution in [0, 0.1) is 0 Å². The molecule has 0 bridgehead atoms. The maximum atomic E-state index is 11.4. The van der Waals surface area contributed by atoms with Crippen LogP contribution in [-0.2, 0) is 6.54 Å². The van der Waals surface area contributed by atoms with Crippen LogP contribution in [0.1, 0.15) is 15.4 Å². The molecule has 4 nitrogen and oxygen atoms in total. The van der Waals surface area contributed by atoms with Gasteiger partial charge in [0.15, 0.2) is 0 Å². The highest BCUT2D eigenvalue weighted by molar-refractivity contribution is 7.17. The Kier molecular flexibility index (Phi) is 3.35. The summed E-state index contributed by atoms with van der Waals surface area (Å²) in [7, 11) is 0. The Hall–Kier alpha value is -2.40. The number of benzene rings is 1. The quantitative estimate of drug-likeness (QED) is 0.799. The summed E-state index contributed by atoms with van der Waals surface area (Å²) in [6.07, 6.45) is 3.79.